The van der Waals surface area contributed by atoms with Gasteiger partial charge in [-0.25, -0.2) is 20.2 Å². The standard InChI is InChI=1S/C18H17N5O3/c1-2-26-18(25)22-23-16(15-19-13-9-5-6-10-14(13)20-15)21-12-8-4-3-7-11(12)17(23)24/h3-10,16,21H,2H2,1H3,(H,19,20)(H,22,25)/t16-/m0/s1. The molecule has 3 N–H and O–H groups in total. The number of hydrazine groups is 1. The number of para-hydroxylation sites is 3. The molecule has 2 aromatic carbocycles. The summed E-state index contributed by atoms with van der Waals surface area (Å²) in [5.74, 6) is 0.156. The third-order valence-electron chi connectivity index (χ3n) is 4.08. The summed E-state index contributed by atoms with van der Waals surface area (Å²) in [6.07, 6.45) is -1.41. The highest BCUT2D eigenvalue weighted by Crippen LogP contribution is 2.31. The molecule has 8 heteroatoms. The summed E-state index contributed by atoms with van der Waals surface area (Å²) < 4.78 is 4.92. The van der Waals surface area contributed by atoms with E-state index in [9.17, 15) is 9.59 Å². The summed E-state index contributed by atoms with van der Waals surface area (Å²) >= 11 is 0. The van der Waals surface area contributed by atoms with Crippen LogP contribution >= 0.6 is 0 Å². The van der Waals surface area contributed by atoms with Gasteiger partial charge in [0.05, 0.1) is 23.2 Å². The molecule has 8 nitrogen and oxygen atoms in total. The van der Waals surface area contributed by atoms with Crippen LogP contribution in [0.1, 0.15) is 29.3 Å². The van der Waals surface area contributed by atoms with Crippen molar-refractivity contribution < 1.29 is 14.3 Å². The number of rotatable bonds is 3. The Hall–Kier alpha value is -3.55. The Bertz CT molecular complexity index is 951. The maximum Gasteiger partial charge on any atom is 0.426 e. The molecule has 3 aromatic rings. The quantitative estimate of drug-likeness (QED) is 0.674. The van der Waals surface area contributed by atoms with Crippen LogP contribution in [0.3, 0.4) is 0 Å². The van der Waals surface area contributed by atoms with Gasteiger partial charge in [0.25, 0.3) is 5.91 Å². The second-order valence-corrected chi connectivity index (χ2v) is 5.74. The molecule has 1 aliphatic rings. The third kappa shape index (κ3) is 2.71. The van der Waals surface area contributed by atoms with E-state index in [4.69, 9.17) is 4.74 Å². The SMILES string of the molecule is CCOC(=O)NN1C(=O)c2ccccc2N[C@@H]1c1nc2ccccc2[nH]1. The van der Waals surface area contributed by atoms with Gasteiger partial charge in [-0.2, -0.15) is 0 Å². The minimum atomic E-state index is -0.705. The summed E-state index contributed by atoms with van der Waals surface area (Å²) in [5.41, 5.74) is 5.24. The van der Waals surface area contributed by atoms with E-state index < -0.39 is 12.3 Å². The van der Waals surface area contributed by atoms with Crippen molar-refractivity contribution >= 4 is 28.7 Å². The average Bonchev–Trinajstić information content (AvgIpc) is 3.08. The first-order valence-electron chi connectivity index (χ1n) is 8.24. The molecule has 4 rings (SSSR count). The molecule has 1 atom stereocenters. The third-order valence-corrected chi connectivity index (χ3v) is 4.08. The number of nitrogens with zero attached hydrogens (tertiary/aromatic N) is 2. The number of benzene rings is 2. The first-order valence-corrected chi connectivity index (χ1v) is 8.24. The molecule has 0 saturated carbocycles. The van der Waals surface area contributed by atoms with Crippen LogP contribution in [-0.4, -0.2) is 33.6 Å². The lowest BCUT2D eigenvalue weighted by atomic mass is 10.1. The number of nitrogens with one attached hydrogen (secondary N) is 3. The van der Waals surface area contributed by atoms with Crippen molar-refractivity contribution in [1.82, 2.24) is 20.4 Å². The van der Waals surface area contributed by atoms with Gasteiger partial charge < -0.3 is 15.0 Å². The maximum atomic E-state index is 12.9. The van der Waals surface area contributed by atoms with Crippen LogP contribution in [-0.2, 0) is 4.74 Å². The number of amides is 2. The fourth-order valence-corrected chi connectivity index (χ4v) is 2.92. The Morgan fingerprint density at radius 2 is 2.00 bits per heavy atom. The van der Waals surface area contributed by atoms with Gasteiger partial charge in [-0.15, -0.1) is 0 Å². The van der Waals surface area contributed by atoms with Crippen LogP contribution in [0.15, 0.2) is 48.5 Å². The molecule has 1 aliphatic heterocycles. The number of H-pyrrole nitrogens is 1. The van der Waals surface area contributed by atoms with Crippen molar-refractivity contribution in [2.75, 3.05) is 11.9 Å². The van der Waals surface area contributed by atoms with Crippen LogP contribution in [0.5, 0.6) is 0 Å². The number of fused-ring (bicyclic) bond motifs is 2. The second kappa shape index (κ2) is 6.40. The molecule has 26 heavy (non-hydrogen) atoms. The van der Waals surface area contributed by atoms with Crippen molar-refractivity contribution in [2.24, 2.45) is 0 Å². The number of imidazole rings is 1. The van der Waals surface area contributed by atoms with E-state index >= 15 is 0 Å². The molecule has 0 aliphatic carbocycles. The molecule has 0 saturated heterocycles. The largest absolute Gasteiger partial charge is 0.449 e. The van der Waals surface area contributed by atoms with Crippen LogP contribution < -0.4 is 10.7 Å². The number of carbonyl (C=O) groups excluding carboxylic acids is 2. The van der Waals surface area contributed by atoms with Crippen LogP contribution in [0.2, 0.25) is 0 Å². The van der Waals surface area contributed by atoms with Gasteiger partial charge in [-0.05, 0) is 31.2 Å². The van der Waals surface area contributed by atoms with E-state index in [2.05, 4.69) is 20.7 Å². The van der Waals surface area contributed by atoms with E-state index in [0.29, 0.717) is 17.1 Å². The monoisotopic (exact) mass is 351 g/mol. The van der Waals surface area contributed by atoms with Gasteiger partial charge in [-0.3, -0.25) is 4.79 Å². The van der Waals surface area contributed by atoms with Gasteiger partial charge in [0.1, 0.15) is 0 Å². The van der Waals surface area contributed by atoms with E-state index in [0.717, 1.165) is 11.0 Å². The lowest BCUT2D eigenvalue weighted by molar-refractivity contribution is 0.0497. The van der Waals surface area contributed by atoms with Gasteiger partial charge in [-0.1, -0.05) is 24.3 Å². The predicted octanol–water partition coefficient (Wildman–Crippen LogP) is 2.79. The fourth-order valence-electron chi connectivity index (χ4n) is 2.92. The van der Waals surface area contributed by atoms with E-state index in [-0.39, 0.29) is 12.5 Å². The predicted molar refractivity (Wildman–Crippen MR) is 95.2 cm³/mol. The first-order chi connectivity index (χ1) is 12.7. The topological polar surface area (TPSA) is 99.3 Å². The molecule has 0 fully saturated rings. The number of hydrogen-bond acceptors (Lipinski definition) is 5. The van der Waals surface area contributed by atoms with Gasteiger partial charge in [0.2, 0.25) is 0 Å². The summed E-state index contributed by atoms with van der Waals surface area (Å²) in [6, 6.07) is 14.7. The van der Waals surface area contributed by atoms with Crippen molar-refractivity contribution in [2.45, 2.75) is 13.1 Å². The van der Waals surface area contributed by atoms with E-state index in [1.54, 1.807) is 19.1 Å². The smallest absolute Gasteiger partial charge is 0.426 e. The average molecular weight is 351 g/mol. The zero-order valence-electron chi connectivity index (χ0n) is 14.0. The zero-order valence-corrected chi connectivity index (χ0v) is 14.0. The molecule has 2 heterocycles. The maximum absolute atomic E-state index is 12.9. The normalized spacial score (nSPS) is 16.1. The second-order valence-electron chi connectivity index (χ2n) is 5.74. The first kappa shape index (κ1) is 15.9. The molecule has 0 radical (unpaired) electrons. The molecule has 1 aromatic heterocycles. The minimum absolute atomic E-state index is 0.202. The molecule has 2 amide bonds. The van der Waals surface area contributed by atoms with E-state index in [1.165, 1.54) is 5.01 Å². The highest BCUT2D eigenvalue weighted by Gasteiger charge is 2.36. The number of carbonyl (C=O) groups is 2. The number of hydrogen-bond donors (Lipinski definition) is 3. The Labute approximate surface area is 149 Å². The fraction of sp³-hybridized carbons (Fsp3) is 0.167. The molecule has 0 spiro atoms. The summed E-state index contributed by atoms with van der Waals surface area (Å²) in [6.45, 7) is 1.90. The molecular formula is C18H17N5O3. The highest BCUT2D eigenvalue weighted by molar-refractivity contribution is 6.02. The Balaban J connectivity index is 1.76. The molecule has 0 unspecified atom stereocenters. The number of aromatic nitrogens is 2. The van der Waals surface area contributed by atoms with Gasteiger partial charge in [0.15, 0.2) is 12.0 Å². The van der Waals surface area contributed by atoms with Crippen molar-refractivity contribution in [1.29, 1.82) is 0 Å². The molecule has 132 valence electrons. The minimum Gasteiger partial charge on any atom is -0.449 e. The lowest BCUT2D eigenvalue weighted by Crippen LogP contribution is -2.53. The Morgan fingerprint density at radius 1 is 1.23 bits per heavy atom. The number of aromatic amines is 1. The Kier molecular flexibility index (Phi) is 3.92. The summed E-state index contributed by atoms with van der Waals surface area (Å²) in [7, 11) is 0. The molecular weight excluding hydrogens is 334 g/mol. The van der Waals surface area contributed by atoms with E-state index in [1.807, 2.05) is 36.4 Å². The molecule has 0 bridgehead atoms. The van der Waals surface area contributed by atoms with Crippen LogP contribution in [0, 0.1) is 0 Å². The van der Waals surface area contributed by atoms with Crippen molar-refractivity contribution in [3.05, 3.63) is 59.9 Å². The van der Waals surface area contributed by atoms with Crippen molar-refractivity contribution in [3.63, 3.8) is 0 Å². The number of anilines is 1. The van der Waals surface area contributed by atoms with Crippen LogP contribution in [0.4, 0.5) is 10.5 Å². The number of ether oxygens (including phenoxy) is 1. The highest BCUT2D eigenvalue weighted by atomic mass is 16.6. The zero-order chi connectivity index (χ0) is 18.1. The summed E-state index contributed by atoms with van der Waals surface area (Å²) in [4.78, 5) is 32.6. The van der Waals surface area contributed by atoms with Gasteiger partial charge in [0, 0.05) is 5.69 Å². The van der Waals surface area contributed by atoms with Crippen LogP contribution in [0.25, 0.3) is 11.0 Å². The Morgan fingerprint density at radius 3 is 2.81 bits per heavy atom. The summed E-state index contributed by atoms with van der Waals surface area (Å²) in [5, 5.41) is 4.44. The lowest BCUT2D eigenvalue weighted by Gasteiger charge is -2.35. The van der Waals surface area contributed by atoms with Crippen molar-refractivity contribution in [3.8, 4) is 0 Å². The van der Waals surface area contributed by atoms with Gasteiger partial charge >= 0.3 is 6.09 Å².